The van der Waals surface area contributed by atoms with Crippen LogP contribution in [0.15, 0.2) is 22.7 Å². The topological polar surface area (TPSA) is 69.6 Å². The van der Waals surface area contributed by atoms with Gasteiger partial charge in [0, 0.05) is 16.7 Å². The zero-order valence-electron chi connectivity index (χ0n) is 7.33. The van der Waals surface area contributed by atoms with Crippen LogP contribution in [0.25, 0.3) is 0 Å². The van der Waals surface area contributed by atoms with E-state index in [4.69, 9.17) is 10.2 Å². The molecular weight excluding hydrogens is 250 g/mol. The number of hydrogen-bond donors (Lipinski definition) is 3. The molecule has 0 spiro atoms. The number of carbonyl (C=O) groups is 1. The quantitative estimate of drug-likeness (QED) is 0.768. The van der Waals surface area contributed by atoms with Crippen LogP contribution in [0.3, 0.4) is 0 Å². The number of hydrogen-bond acceptors (Lipinski definition) is 3. The molecule has 0 aliphatic heterocycles. The second-order valence-electron chi connectivity index (χ2n) is 2.62. The lowest BCUT2D eigenvalue weighted by Crippen LogP contribution is -2.10. The Bertz CT molecular complexity index is 341. The van der Waals surface area contributed by atoms with Gasteiger partial charge in [-0.25, -0.2) is 4.79 Å². The molecule has 1 rings (SSSR count). The van der Waals surface area contributed by atoms with Crippen LogP contribution in [0.2, 0.25) is 0 Å². The third kappa shape index (κ3) is 2.46. The van der Waals surface area contributed by atoms with Gasteiger partial charge in [-0.1, -0.05) is 6.07 Å². The van der Waals surface area contributed by atoms with Crippen LogP contribution < -0.4 is 5.32 Å². The van der Waals surface area contributed by atoms with E-state index < -0.39 is 5.97 Å². The predicted octanol–water partition coefficient (Wildman–Crippen LogP) is 1.55. The summed E-state index contributed by atoms with van der Waals surface area (Å²) in [5.41, 5.74) is 0.682. The number of nitrogens with one attached hydrogen (secondary N) is 1. The molecule has 76 valence electrons. The minimum absolute atomic E-state index is 0.0361. The largest absolute Gasteiger partial charge is 0.478 e. The average molecular weight is 260 g/mol. The Morgan fingerprint density at radius 2 is 2.21 bits per heavy atom. The molecule has 0 bridgehead atoms. The van der Waals surface area contributed by atoms with Crippen molar-refractivity contribution in [2.75, 3.05) is 18.5 Å². The highest BCUT2D eigenvalue weighted by molar-refractivity contribution is 9.10. The van der Waals surface area contributed by atoms with Crippen molar-refractivity contribution in [3.8, 4) is 0 Å². The number of aliphatic hydroxyl groups excluding tert-OH is 1. The number of benzene rings is 1. The summed E-state index contributed by atoms with van der Waals surface area (Å²) < 4.78 is 0.521. The Morgan fingerprint density at radius 3 is 2.79 bits per heavy atom. The highest BCUT2D eigenvalue weighted by Gasteiger charge is 2.12. The lowest BCUT2D eigenvalue weighted by Gasteiger charge is -2.09. The van der Waals surface area contributed by atoms with Crippen LogP contribution in [0.5, 0.6) is 0 Å². The Balaban J connectivity index is 3.02. The highest BCUT2D eigenvalue weighted by atomic mass is 79.9. The third-order valence-corrected chi connectivity index (χ3v) is 2.32. The molecule has 0 aliphatic rings. The molecule has 0 heterocycles. The second-order valence-corrected chi connectivity index (χ2v) is 3.47. The standard InChI is InChI=1S/C9H10BrNO3/c10-6-2-1-3-7(11-4-5-12)8(6)9(13)14/h1-3,11-12H,4-5H2,(H,13,14). The van der Waals surface area contributed by atoms with E-state index in [0.717, 1.165) is 0 Å². The smallest absolute Gasteiger partial charge is 0.338 e. The van der Waals surface area contributed by atoms with Crippen molar-refractivity contribution in [3.63, 3.8) is 0 Å². The molecule has 0 saturated heterocycles. The maximum atomic E-state index is 10.9. The molecule has 1 aromatic rings. The summed E-state index contributed by atoms with van der Waals surface area (Å²) in [6, 6.07) is 5.05. The Kier molecular flexibility index (Phi) is 3.91. The number of halogens is 1. The summed E-state index contributed by atoms with van der Waals surface area (Å²) in [7, 11) is 0. The van der Waals surface area contributed by atoms with Gasteiger partial charge in [0.15, 0.2) is 0 Å². The normalized spacial score (nSPS) is 9.86. The van der Waals surface area contributed by atoms with Crippen LogP contribution in [0.1, 0.15) is 10.4 Å². The fraction of sp³-hybridized carbons (Fsp3) is 0.222. The van der Waals surface area contributed by atoms with Crippen molar-refractivity contribution in [2.24, 2.45) is 0 Å². The number of anilines is 1. The van der Waals surface area contributed by atoms with E-state index in [1.165, 1.54) is 0 Å². The number of aliphatic hydroxyl groups is 1. The summed E-state index contributed by atoms with van der Waals surface area (Å²) in [6.45, 7) is 0.294. The fourth-order valence-electron chi connectivity index (χ4n) is 1.08. The van der Waals surface area contributed by atoms with Crippen molar-refractivity contribution in [3.05, 3.63) is 28.2 Å². The molecule has 0 aliphatic carbocycles. The number of carboxylic acids is 1. The highest BCUT2D eigenvalue weighted by Crippen LogP contribution is 2.24. The van der Waals surface area contributed by atoms with Gasteiger partial charge in [-0.05, 0) is 28.1 Å². The summed E-state index contributed by atoms with van der Waals surface area (Å²) >= 11 is 3.16. The molecule has 0 radical (unpaired) electrons. The fourth-order valence-corrected chi connectivity index (χ4v) is 1.62. The van der Waals surface area contributed by atoms with E-state index in [9.17, 15) is 4.79 Å². The minimum atomic E-state index is -1.00. The summed E-state index contributed by atoms with van der Waals surface area (Å²) in [6.07, 6.45) is 0. The monoisotopic (exact) mass is 259 g/mol. The zero-order valence-corrected chi connectivity index (χ0v) is 8.91. The van der Waals surface area contributed by atoms with Crippen molar-refractivity contribution >= 4 is 27.6 Å². The van der Waals surface area contributed by atoms with Gasteiger partial charge >= 0.3 is 5.97 Å². The first-order chi connectivity index (χ1) is 6.66. The second kappa shape index (κ2) is 4.97. The van der Waals surface area contributed by atoms with Crippen LogP contribution in [-0.2, 0) is 0 Å². The van der Waals surface area contributed by atoms with E-state index in [-0.39, 0.29) is 12.2 Å². The van der Waals surface area contributed by atoms with Crippen LogP contribution >= 0.6 is 15.9 Å². The van der Waals surface area contributed by atoms with Gasteiger partial charge in [-0.15, -0.1) is 0 Å². The summed E-state index contributed by atoms with van der Waals surface area (Å²) in [4.78, 5) is 10.9. The molecular formula is C9H10BrNO3. The minimum Gasteiger partial charge on any atom is -0.478 e. The van der Waals surface area contributed by atoms with Crippen LogP contribution in [-0.4, -0.2) is 29.3 Å². The van der Waals surface area contributed by atoms with E-state index in [1.807, 2.05) is 0 Å². The molecule has 1 aromatic carbocycles. The van der Waals surface area contributed by atoms with Gasteiger partial charge in [-0.2, -0.15) is 0 Å². The molecule has 0 atom stereocenters. The molecule has 5 heteroatoms. The molecule has 0 saturated carbocycles. The zero-order chi connectivity index (χ0) is 10.6. The molecule has 0 unspecified atom stereocenters. The third-order valence-electron chi connectivity index (χ3n) is 1.65. The van der Waals surface area contributed by atoms with Gasteiger partial charge in [0.2, 0.25) is 0 Å². The van der Waals surface area contributed by atoms with Gasteiger partial charge in [0.05, 0.1) is 12.2 Å². The Hall–Kier alpha value is -1.07. The van der Waals surface area contributed by atoms with Crippen molar-refractivity contribution in [1.82, 2.24) is 0 Å². The van der Waals surface area contributed by atoms with Crippen molar-refractivity contribution in [2.45, 2.75) is 0 Å². The van der Waals surface area contributed by atoms with Crippen LogP contribution in [0, 0.1) is 0 Å². The first-order valence-electron chi connectivity index (χ1n) is 4.03. The first kappa shape index (κ1) is 11.0. The van der Waals surface area contributed by atoms with E-state index in [1.54, 1.807) is 18.2 Å². The first-order valence-corrected chi connectivity index (χ1v) is 4.82. The average Bonchev–Trinajstić information content (AvgIpc) is 2.14. The van der Waals surface area contributed by atoms with Gasteiger partial charge < -0.3 is 15.5 Å². The Morgan fingerprint density at radius 1 is 1.50 bits per heavy atom. The van der Waals surface area contributed by atoms with Crippen LogP contribution in [0.4, 0.5) is 5.69 Å². The predicted molar refractivity (Wildman–Crippen MR) is 56.7 cm³/mol. The molecule has 0 amide bonds. The summed E-state index contributed by atoms with van der Waals surface area (Å²) in [5, 5.41) is 20.3. The van der Waals surface area contributed by atoms with E-state index in [2.05, 4.69) is 21.2 Å². The lowest BCUT2D eigenvalue weighted by molar-refractivity contribution is 0.0697. The molecule has 4 nitrogen and oxygen atoms in total. The lowest BCUT2D eigenvalue weighted by atomic mass is 10.2. The number of aromatic carboxylic acids is 1. The molecule has 0 aromatic heterocycles. The maximum absolute atomic E-state index is 10.9. The van der Waals surface area contributed by atoms with Crippen molar-refractivity contribution in [1.29, 1.82) is 0 Å². The SMILES string of the molecule is O=C(O)c1c(Br)cccc1NCCO. The number of rotatable bonds is 4. The van der Waals surface area contributed by atoms with Gasteiger partial charge in [0.25, 0.3) is 0 Å². The molecule has 3 N–H and O–H groups in total. The molecule has 14 heavy (non-hydrogen) atoms. The van der Waals surface area contributed by atoms with Gasteiger partial charge in [-0.3, -0.25) is 0 Å². The summed E-state index contributed by atoms with van der Waals surface area (Å²) in [5.74, 6) is -1.00. The maximum Gasteiger partial charge on any atom is 0.338 e. The van der Waals surface area contributed by atoms with E-state index >= 15 is 0 Å². The van der Waals surface area contributed by atoms with Gasteiger partial charge in [0.1, 0.15) is 0 Å². The van der Waals surface area contributed by atoms with E-state index in [0.29, 0.717) is 16.7 Å². The number of carboxylic acid groups (broad SMARTS) is 1. The molecule has 0 fully saturated rings. The Labute approximate surface area is 89.7 Å². The van der Waals surface area contributed by atoms with Crippen molar-refractivity contribution < 1.29 is 15.0 Å².